The van der Waals surface area contributed by atoms with E-state index in [-0.39, 0.29) is 12.3 Å². The Bertz CT molecular complexity index is 540. The van der Waals surface area contributed by atoms with Crippen LogP contribution in [0.25, 0.3) is 0 Å². The first kappa shape index (κ1) is 12.2. The van der Waals surface area contributed by atoms with Gasteiger partial charge in [-0.25, -0.2) is 8.78 Å². The zero-order chi connectivity index (χ0) is 13.0. The van der Waals surface area contributed by atoms with Crippen LogP contribution in [0.3, 0.4) is 0 Å². The molecule has 1 aromatic carbocycles. The molecule has 0 unspecified atom stereocenters. The number of rotatable bonds is 4. The maximum atomic E-state index is 12.9. The zero-order valence-corrected chi connectivity index (χ0v) is 9.41. The van der Waals surface area contributed by atoms with E-state index in [9.17, 15) is 13.6 Å². The summed E-state index contributed by atoms with van der Waals surface area (Å²) >= 11 is 0. The molecule has 0 atom stereocenters. The summed E-state index contributed by atoms with van der Waals surface area (Å²) in [6.45, 7) is 0. The molecule has 0 saturated heterocycles. The van der Waals surface area contributed by atoms with E-state index in [1.165, 1.54) is 12.3 Å². The Hall–Kier alpha value is -2.24. The van der Waals surface area contributed by atoms with Crippen molar-refractivity contribution in [3.63, 3.8) is 0 Å². The largest absolute Gasteiger partial charge is 0.311 e. The molecule has 0 aliphatic rings. The Morgan fingerprint density at radius 1 is 1.28 bits per heavy atom. The van der Waals surface area contributed by atoms with Gasteiger partial charge in [0, 0.05) is 12.5 Å². The molecule has 0 aliphatic carbocycles. The standard InChI is InChI=1S/C12H11F2N3O/c13-9-3-1-8(7-10(9)14)2-4-12(18)16-11-5-6-15-17-11/h1,3,5-7H,2,4H2,(H2,15,16,17,18). The molecule has 0 bridgehead atoms. The Labute approximate surface area is 102 Å². The van der Waals surface area contributed by atoms with Gasteiger partial charge in [-0.2, -0.15) is 5.10 Å². The normalized spacial score (nSPS) is 10.3. The van der Waals surface area contributed by atoms with Gasteiger partial charge < -0.3 is 5.32 Å². The maximum absolute atomic E-state index is 12.9. The summed E-state index contributed by atoms with van der Waals surface area (Å²) < 4.78 is 25.6. The molecule has 6 heteroatoms. The lowest BCUT2D eigenvalue weighted by molar-refractivity contribution is -0.116. The first-order valence-electron chi connectivity index (χ1n) is 5.38. The van der Waals surface area contributed by atoms with Gasteiger partial charge in [0.2, 0.25) is 5.91 Å². The number of hydrogen-bond acceptors (Lipinski definition) is 2. The summed E-state index contributed by atoms with van der Waals surface area (Å²) in [5, 5.41) is 8.87. The van der Waals surface area contributed by atoms with Crippen LogP contribution < -0.4 is 5.32 Å². The first-order chi connectivity index (χ1) is 8.65. The molecule has 1 aromatic heterocycles. The maximum Gasteiger partial charge on any atom is 0.225 e. The number of carbonyl (C=O) groups is 1. The summed E-state index contributed by atoms with van der Waals surface area (Å²) in [5.41, 5.74) is 0.577. The van der Waals surface area contributed by atoms with E-state index in [0.717, 1.165) is 12.1 Å². The summed E-state index contributed by atoms with van der Waals surface area (Å²) in [7, 11) is 0. The minimum Gasteiger partial charge on any atom is -0.311 e. The first-order valence-corrected chi connectivity index (χ1v) is 5.38. The number of anilines is 1. The number of hydrogen-bond donors (Lipinski definition) is 2. The Morgan fingerprint density at radius 3 is 2.78 bits per heavy atom. The van der Waals surface area contributed by atoms with Crippen LogP contribution in [0.2, 0.25) is 0 Å². The molecule has 2 rings (SSSR count). The van der Waals surface area contributed by atoms with E-state index in [1.54, 1.807) is 6.07 Å². The number of aromatic amines is 1. The fraction of sp³-hybridized carbons (Fsp3) is 0.167. The summed E-state index contributed by atoms with van der Waals surface area (Å²) in [4.78, 5) is 11.5. The van der Waals surface area contributed by atoms with Gasteiger partial charge in [-0.3, -0.25) is 9.89 Å². The van der Waals surface area contributed by atoms with Gasteiger partial charge >= 0.3 is 0 Å². The number of halogens is 2. The second kappa shape index (κ2) is 5.39. The molecule has 0 saturated carbocycles. The van der Waals surface area contributed by atoms with Crippen molar-refractivity contribution in [1.29, 1.82) is 0 Å². The Balaban J connectivity index is 1.87. The third-order valence-corrected chi connectivity index (χ3v) is 2.40. The van der Waals surface area contributed by atoms with E-state index in [4.69, 9.17) is 0 Å². The minimum atomic E-state index is -0.901. The molecule has 2 aromatic rings. The molecular formula is C12H11F2N3O. The van der Waals surface area contributed by atoms with E-state index in [0.29, 0.717) is 17.8 Å². The quantitative estimate of drug-likeness (QED) is 0.875. The Morgan fingerprint density at radius 2 is 2.11 bits per heavy atom. The van der Waals surface area contributed by atoms with E-state index < -0.39 is 11.6 Å². The van der Waals surface area contributed by atoms with Crippen molar-refractivity contribution in [3.05, 3.63) is 47.7 Å². The number of nitrogens with one attached hydrogen (secondary N) is 2. The average molecular weight is 251 g/mol. The van der Waals surface area contributed by atoms with Crippen LogP contribution >= 0.6 is 0 Å². The van der Waals surface area contributed by atoms with E-state index >= 15 is 0 Å². The highest BCUT2D eigenvalue weighted by molar-refractivity contribution is 5.89. The summed E-state index contributed by atoms with van der Waals surface area (Å²) in [5.74, 6) is -1.50. The van der Waals surface area contributed by atoms with Gasteiger partial charge in [0.15, 0.2) is 11.6 Å². The van der Waals surface area contributed by atoms with Crippen LogP contribution in [-0.2, 0) is 11.2 Å². The molecule has 1 amide bonds. The van der Waals surface area contributed by atoms with Gasteiger partial charge in [0.05, 0.1) is 6.20 Å². The van der Waals surface area contributed by atoms with Crippen LogP contribution in [0.4, 0.5) is 14.6 Å². The SMILES string of the molecule is O=C(CCc1ccc(F)c(F)c1)Nc1ccn[nH]1. The lowest BCUT2D eigenvalue weighted by Gasteiger charge is -2.03. The predicted octanol–water partition coefficient (Wildman–Crippen LogP) is 2.26. The molecule has 2 N–H and O–H groups in total. The van der Waals surface area contributed by atoms with Gasteiger partial charge in [-0.05, 0) is 24.1 Å². The summed E-state index contributed by atoms with van der Waals surface area (Å²) in [6, 6.07) is 5.23. The van der Waals surface area contributed by atoms with Gasteiger partial charge in [-0.15, -0.1) is 0 Å². The highest BCUT2D eigenvalue weighted by atomic mass is 19.2. The number of nitrogens with zero attached hydrogens (tertiary/aromatic N) is 1. The van der Waals surface area contributed by atoms with Gasteiger partial charge in [0.1, 0.15) is 5.82 Å². The predicted molar refractivity (Wildman–Crippen MR) is 61.9 cm³/mol. The molecule has 0 aliphatic heterocycles. The van der Waals surface area contributed by atoms with E-state index in [2.05, 4.69) is 15.5 Å². The number of carbonyl (C=O) groups excluding carboxylic acids is 1. The molecular weight excluding hydrogens is 240 g/mol. The highest BCUT2D eigenvalue weighted by Crippen LogP contribution is 2.11. The molecule has 0 spiro atoms. The van der Waals surface area contributed by atoms with E-state index in [1.807, 2.05) is 0 Å². The minimum absolute atomic E-state index is 0.185. The smallest absolute Gasteiger partial charge is 0.225 e. The van der Waals surface area contributed by atoms with Crippen LogP contribution in [0.1, 0.15) is 12.0 Å². The molecule has 94 valence electrons. The third-order valence-electron chi connectivity index (χ3n) is 2.40. The van der Waals surface area contributed by atoms with Crippen LogP contribution in [0.15, 0.2) is 30.5 Å². The number of aromatic nitrogens is 2. The second-order valence-electron chi connectivity index (χ2n) is 3.77. The molecule has 4 nitrogen and oxygen atoms in total. The second-order valence-corrected chi connectivity index (χ2v) is 3.77. The molecule has 0 radical (unpaired) electrons. The van der Waals surface area contributed by atoms with Crippen molar-refractivity contribution in [2.24, 2.45) is 0 Å². The lowest BCUT2D eigenvalue weighted by atomic mass is 10.1. The molecule has 0 fully saturated rings. The number of H-pyrrole nitrogens is 1. The number of aryl methyl sites for hydroxylation is 1. The summed E-state index contributed by atoms with van der Waals surface area (Å²) in [6.07, 6.45) is 2.05. The molecule has 1 heterocycles. The monoisotopic (exact) mass is 251 g/mol. The number of benzene rings is 1. The topological polar surface area (TPSA) is 57.8 Å². The number of amides is 1. The van der Waals surface area contributed by atoms with Crippen molar-refractivity contribution < 1.29 is 13.6 Å². The highest BCUT2D eigenvalue weighted by Gasteiger charge is 2.06. The Kier molecular flexibility index (Phi) is 3.66. The van der Waals surface area contributed by atoms with Crippen molar-refractivity contribution in [2.75, 3.05) is 5.32 Å². The van der Waals surface area contributed by atoms with Crippen molar-refractivity contribution >= 4 is 11.7 Å². The van der Waals surface area contributed by atoms with Crippen LogP contribution in [0, 0.1) is 11.6 Å². The lowest BCUT2D eigenvalue weighted by Crippen LogP contribution is -2.12. The fourth-order valence-corrected chi connectivity index (χ4v) is 1.49. The third kappa shape index (κ3) is 3.13. The average Bonchev–Trinajstić information content (AvgIpc) is 2.83. The fourth-order valence-electron chi connectivity index (χ4n) is 1.49. The van der Waals surface area contributed by atoms with Crippen molar-refractivity contribution in [1.82, 2.24) is 10.2 Å². The van der Waals surface area contributed by atoms with Crippen LogP contribution in [-0.4, -0.2) is 16.1 Å². The van der Waals surface area contributed by atoms with Gasteiger partial charge in [0.25, 0.3) is 0 Å². The van der Waals surface area contributed by atoms with Crippen LogP contribution in [0.5, 0.6) is 0 Å². The van der Waals surface area contributed by atoms with Gasteiger partial charge in [-0.1, -0.05) is 6.07 Å². The zero-order valence-electron chi connectivity index (χ0n) is 9.41. The van der Waals surface area contributed by atoms with Crippen molar-refractivity contribution in [3.8, 4) is 0 Å². The molecule has 18 heavy (non-hydrogen) atoms. The van der Waals surface area contributed by atoms with Crippen molar-refractivity contribution in [2.45, 2.75) is 12.8 Å².